The van der Waals surface area contributed by atoms with Gasteiger partial charge >= 0.3 is 11.8 Å². The van der Waals surface area contributed by atoms with Crippen molar-refractivity contribution >= 4 is 40.3 Å². The maximum atomic E-state index is 14.7. The number of esters is 1. The van der Waals surface area contributed by atoms with Crippen molar-refractivity contribution < 1.29 is 58.9 Å². The van der Waals surface area contributed by atoms with Crippen molar-refractivity contribution in [2.45, 2.75) is 118 Å². The fourth-order valence-electron chi connectivity index (χ4n) is 9.72. The number of aliphatic hydroxyl groups is 2. The molecule has 370 valence electrons. The summed E-state index contributed by atoms with van der Waals surface area (Å²) in [7, 11) is 1.43. The van der Waals surface area contributed by atoms with Crippen molar-refractivity contribution in [2.24, 2.45) is 28.8 Å². The number of methoxy groups -OCH3 is 1. The lowest BCUT2D eigenvalue weighted by Crippen LogP contribution is -2.54. The number of rotatable bonds is 6. The van der Waals surface area contributed by atoms with E-state index in [-0.39, 0.29) is 56.6 Å². The molecule has 4 heterocycles. The van der Waals surface area contributed by atoms with Crippen LogP contribution in [0.1, 0.15) is 94.9 Å². The molecule has 17 heteroatoms. The summed E-state index contributed by atoms with van der Waals surface area (Å²) >= 11 is 0. The lowest BCUT2D eigenvalue weighted by Gasteiger charge is -2.42. The van der Waals surface area contributed by atoms with Crippen LogP contribution in [0.25, 0.3) is 10.8 Å². The first-order valence-corrected chi connectivity index (χ1v) is 23.2. The van der Waals surface area contributed by atoms with Crippen LogP contribution >= 0.6 is 0 Å². The molecule has 0 saturated carbocycles. The molecule has 0 aliphatic carbocycles. The molecule has 11 atom stereocenters. The van der Waals surface area contributed by atoms with Gasteiger partial charge in [-0.3, -0.25) is 24.3 Å². The number of aliphatic hydroxyl groups excluding tert-OH is 2. The van der Waals surface area contributed by atoms with Crippen molar-refractivity contribution in [3.05, 3.63) is 88.2 Å². The molecule has 0 aromatic heterocycles. The van der Waals surface area contributed by atoms with Crippen LogP contribution in [0.4, 0.5) is 5.69 Å². The Morgan fingerprint density at radius 1 is 0.942 bits per heavy atom. The van der Waals surface area contributed by atoms with E-state index < -0.39 is 88.8 Å². The number of carbonyl (C=O) groups excluding carboxylic acids is 3. The number of anilines is 1. The number of Topliss-reactive ketones (excluding diaryl/α,β-unsaturated/α-hetero) is 1. The van der Waals surface area contributed by atoms with E-state index in [4.69, 9.17) is 24.0 Å². The number of benzene rings is 3. The highest BCUT2D eigenvalue weighted by molar-refractivity contribution is 6.23. The monoisotopic (exact) mass is 951 g/mol. The predicted octanol–water partition coefficient (Wildman–Crippen LogP) is 6.55. The Morgan fingerprint density at radius 2 is 1.59 bits per heavy atom. The quantitative estimate of drug-likeness (QED) is 0.0664. The average Bonchev–Trinajstić information content (AvgIpc) is 3.57. The van der Waals surface area contributed by atoms with Crippen molar-refractivity contribution in [3.63, 3.8) is 0 Å². The number of fused-ring (bicyclic) bond motifs is 14. The molecular formula is C52H65N5O12. The van der Waals surface area contributed by atoms with Crippen LogP contribution in [0.3, 0.4) is 0 Å². The van der Waals surface area contributed by atoms with Gasteiger partial charge in [0.2, 0.25) is 0 Å². The molecule has 1 amide bonds. The molecule has 7 rings (SSSR count). The lowest BCUT2D eigenvalue weighted by atomic mass is 9.78. The second-order valence-electron chi connectivity index (χ2n) is 18.9. The molecule has 1 saturated heterocycles. The first-order chi connectivity index (χ1) is 32.5. The summed E-state index contributed by atoms with van der Waals surface area (Å²) in [6.45, 7) is 18.3. The largest absolute Gasteiger partial charge is 0.507 e. The summed E-state index contributed by atoms with van der Waals surface area (Å²) in [5.41, 5.74) is 1.14. The highest BCUT2D eigenvalue weighted by Crippen LogP contribution is 2.55. The van der Waals surface area contributed by atoms with Crippen LogP contribution in [-0.2, 0) is 30.3 Å². The van der Waals surface area contributed by atoms with Crippen LogP contribution in [-0.4, -0.2) is 122 Å². The van der Waals surface area contributed by atoms with Gasteiger partial charge in [0, 0.05) is 80.8 Å². The number of nitrogens with zero attached hydrogens (tertiary/aromatic N) is 4. The van der Waals surface area contributed by atoms with E-state index in [1.807, 2.05) is 31.0 Å². The number of carbonyl (C=O) groups is 3. The Bertz CT molecular complexity index is 2610. The van der Waals surface area contributed by atoms with Gasteiger partial charge in [0.05, 0.1) is 76.7 Å². The van der Waals surface area contributed by atoms with E-state index in [0.29, 0.717) is 25.2 Å². The lowest BCUT2D eigenvalue weighted by molar-refractivity contribution is -0.160. The number of hydrogen-bond acceptors (Lipinski definition) is 16. The van der Waals surface area contributed by atoms with Gasteiger partial charge in [-0.15, -0.1) is 0 Å². The van der Waals surface area contributed by atoms with Gasteiger partial charge in [0.15, 0.2) is 5.75 Å². The topological polar surface area (TPSA) is 244 Å². The van der Waals surface area contributed by atoms with Crippen molar-refractivity contribution in [1.29, 1.82) is 5.26 Å². The summed E-state index contributed by atoms with van der Waals surface area (Å²) in [4.78, 5) is 43.4. The smallest absolute Gasteiger partial charge is 0.312 e. The number of ketones is 1. The number of hydrogen-bond donors (Lipinski definition) is 6. The third kappa shape index (κ3) is 10.4. The van der Waals surface area contributed by atoms with Crippen LogP contribution in [0, 0.1) is 41.9 Å². The van der Waals surface area contributed by atoms with Crippen LogP contribution in [0.15, 0.2) is 65.5 Å². The molecule has 6 N–H and O–H groups in total. The van der Waals surface area contributed by atoms with Gasteiger partial charge < -0.3 is 49.8 Å². The number of hydrazone groups is 1. The van der Waals surface area contributed by atoms with Gasteiger partial charge in [-0.1, -0.05) is 58.1 Å². The number of piperazine rings is 1. The number of phenolic OH excluding ortho intramolecular Hbond substituents is 3. The third-order valence-corrected chi connectivity index (χ3v) is 13.8. The zero-order chi connectivity index (χ0) is 50.8. The van der Waals surface area contributed by atoms with E-state index in [1.165, 1.54) is 59.4 Å². The maximum absolute atomic E-state index is 14.7. The zero-order valence-corrected chi connectivity index (χ0v) is 41.1. The number of allylic oxidation sites excluding steroid dienone is 2. The molecule has 5 bridgehead atoms. The number of nitrogens with one attached hydrogen (secondary N) is 1. The molecule has 0 radical (unpaired) electrons. The fraction of sp³-hybridized carbons (Fsp3) is 0.481. The van der Waals surface area contributed by atoms with Gasteiger partial charge in [-0.05, 0) is 51.5 Å². The Hall–Kier alpha value is -6.45. The van der Waals surface area contributed by atoms with Crippen molar-refractivity contribution in [1.82, 2.24) is 9.91 Å². The first-order valence-electron chi connectivity index (χ1n) is 23.2. The van der Waals surface area contributed by atoms with Gasteiger partial charge in [-0.2, -0.15) is 10.4 Å². The Labute approximate surface area is 402 Å². The minimum atomic E-state index is -2.08. The second-order valence-corrected chi connectivity index (χ2v) is 18.9. The van der Waals surface area contributed by atoms with E-state index >= 15 is 0 Å². The zero-order valence-electron chi connectivity index (χ0n) is 41.1. The van der Waals surface area contributed by atoms with Gasteiger partial charge in [0.25, 0.3) is 11.7 Å². The number of ether oxygens (including phenoxy) is 4. The molecule has 4 aliphatic rings. The van der Waals surface area contributed by atoms with Gasteiger partial charge in [0.1, 0.15) is 23.4 Å². The summed E-state index contributed by atoms with van der Waals surface area (Å²) in [5, 5.41) is 77.3. The van der Waals surface area contributed by atoms with Crippen LogP contribution in [0.2, 0.25) is 0 Å². The van der Waals surface area contributed by atoms with E-state index in [9.17, 15) is 45.2 Å². The van der Waals surface area contributed by atoms with E-state index in [0.717, 1.165) is 5.56 Å². The molecule has 0 spiro atoms. The predicted molar refractivity (Wildman–Crippen MR) is 259 cm³/mol. The number of aromatic hydroxyl groups is 3. The molecule has 3 aromatic rings. The minimum absolute atomic E-state index is 0.0366. The first kappa shape index (κ1) is 51.9. The normalized spacial score (nSPS) is 31.1. The Morgan fingerprint density at radius 3 is 2.20 bits per heavy atom. The standard InChI is InChI=1S/C52H65N5O12/c1-26-13-12-14-27(2)51(65)55-42-37(22-54-57-28(3)23-56(24-29(57)4)25-36-17-15-35(21-53)16-18-36)46(62)39-40(47(42)63)45(61)33(8)49-41(39)50(64)52(10,69-49)67-20-19-38(66-11)30(5)48(68-34(9)58)32(7)44(60)31(6)43(26)59/h12-20,22,26,28-32,38,43-44,48,59-63H,23-25H2,1-11H3,(H,55,65)/b13-12+,20-19+,27-14-,54-22+/t26-,28?,29?,30+,31+,32+,38-,43-,44+,48+,52-/m0/s1. The summed E-state index contributed by atoms with van der Waals surface area (Å²) in [6.07, 6.45) is 4.77. The molecule has 4 aliphatic heterocycles. The average molecular weight is 952 g/mol. The maximum Gasteiger partial charge on any atom is 0.312 e. The number of amides is 1. The highest BCUT2D eigenvalue weighted by Gasteiger charge is 2.50. The van der Waals surface area contributed by atoms with Gasteiger partial charge in [-0.25, -0.2) is 0 Å². The molecule has 3 aromatic carbocycles. The molecule has 2 unspecified atom stereocenters. The number of phenols is 3. The van der Waals surface area contributed by atoms with Crippen LogP contribution < -0.4 is 10.1 Å². The van der Waals surface area contributed by atoms with Crippen LogP contribution in [0.5, 0.6) is 23.0 Å². The van der Waals surface area contributed by atoms with E-state index in [2.05, 4.69) is 16.3 Å². The Balaban J connectivity index is 1.47. The summed E-state index contributed by atoms with van der Waals surface area (Å²) < 4.78 is 23.8. The van der Waals surface area contributed by atoms with Crippen molar-refractivity contribution in [3.8, 4) is 29.1 Å². The third-order valence-electron chi connectivity index (χ3n) is 13.8. The molecule has 1 fully saturated rings. The minimum Gasteiger partial charge on any atom is -0.507 e. The summed E-state index contributed by atoms with van der Waals surface area (Å²) in [6, 6.07) is 9.23. The van der Waals surface area contributed by atoms with E-state index in [1.54, 1.807) is 52.0 Å². The SMILES string of the molecule is CO[C@H]1/C=C/O[C@@]2(C)Oc3c(C)c(O)c4c(O)c(c(/C=N/N5C(C)CN(Cc6ccc(C#N)cc6)CC5C)c(O)c4c3C2=O)NC(=O)/C(C)=C\C=C\[C@H](C)[C@H](O)[C@@H](C)[C@@H](O)[C@@H](C)[C@H](OC(C)=O)[C@@H]1C. The second kappa shape index (κ2) is 21.0. The number of nitriles is 1. The van der Waals surface area contributed by atoms with Crippen molar-refractivity contribution in [2.75, 3.05) is 25.5 Å². The fourth-order valence-corrected chi connectivity index (χ4v) is 9.72. The summed E-state index contributed by atoms with van der Waals surface area (Å²) in [5.74, 6) is -8.62. The Kier molecular flexibility index (Phi) is 15.8. The highest BCUT2D eigenvalue weighted by atomic mass is 16.7. The molecule has 69 heavy (non-hydrogen) atoms. The molecular weight excluding hydrogens is 887 g/mol. The molecule has 17 nitrogen and oxygen atoms in total.